The van der Waals surface area contributed by atoms with Crippen LogP contribution < -0.4 is 0 Å². The van der Waals surface area contributed by atoms with Crippen molar-refractivity contribution in [2.24, 2.45) is 0 Å². The van der Waals surface area contributed by atoms with Crippen LogP contribution in [0.25, 0.3) is 0 Å². The second kappa shape index (κ2) is 4.29. The number of rotatable bonds is 4. The van der Waals surface area contributed by atoms with Crippen molar-refractivity contribution in [2.75, 3.05) is 19.8 Å². The topological polar surface area (TPSA) is 67.8 Å². The van der Waals surface area contributed by atoms with E-state index in [0.29, 0.717) is 19.6 Å². The van der Waals surface area contributed by atoms with E-state index in [1.807, 2.05) is 0 Å². The van der Waals surface area contributed by atoms with Crippen LogP contribution in [0.1, 0.15) is 13.3 Å². The summed E-state index contributed by atoms with van der Waals surface area (Å²) in [5.74, 6) is -0.667. The van der Waals surface area contributed by atoms with Gasteiger partial charge < -0.3 is 18.2 Å². The molecule has 1 heterocycles. The third kappa shape index (κ3) is 3.16. The second-order valence-corrected chi connectivity index (χ2v) is 3.25. The Balaban J connectivity index is 2.17. The van der Waals surface area contributed by atoms with Crippen LogP contribution in [0, 0.1) is 0 Å². The molecule has 0 bridgehead atoms. The van der Waals surface area contributed by atoms with E-state index in [1.54, 1.807) is 6.92 Å². The Bertz CT molecular complexity index is 165. The summed E-state index contributed by atoms with van der Waals surface area (Å²) >= 11 is -2.44. The van der Waals surface area contributed by atoms with E-state index >= 15 is 0 Å². The number of ether oxygens (including phenoxy) is 2. The Morgan fingerprint density at radius 3 is 2.67 bits per heavy atom. The van der Waals surface area contributed by atoms with Gasteiger partial charge in [-0.2, -0.15) is 0 Å². The van der Waals surface area contributed by atoms with Crippen LogP contribution in [0.5, 0.6) is 0 Å². The van der Waals surface area contributed by atoms with Gasteiger partial charge in [0.1, 0.15) is 0 Å². The SMILES string of the molecule is CC1(CCOS(=O)[O-])OCCO1. The van der Waals surface area contributed by atoms with E-state index in [9.17, 15) is 8.76 Å². The highest BCUT2D eigenvalue weighted by molar-refractivity contribution is 7.74. The molecule has 0 aliphatic carbocycles. The van der Waals surface area contributed by atoms with Crippen LogP contribution in [0.15, 0.2) is 0 Å². The molecule has 12 heavy (non-hydrogen) atoms. The van der Waals surface area contributed by atoms with Crippen LogP contribution in [0.3, 0.4) is 0 Å². The highest BCUT2D eigenvalue weighted by atomic mass is 32.2. The van der Waals surface area contributed by atoms with Gasteiger partial charge in [-0.3, -0.25) is 0 Å². The molecule has 0 spiro atoms. The first kappa shape index (κ1) is 10.1. The number of hydrogen-bond acceptors (Lipinski definition) is 5. The summed E-state index contributed by atoms with van der Waals surface area (Å²) in [6.07, 6.45) is 0.418. The summed E-state index contributed by atoms with van der Waals surface area (Å²) in [5.41, 5.74) is 0. The molecule has 0 aromatic heterocycles. The zero-order chi connectivity index (χ0) is 9.03. The molecule has 6 heteroatoms. The van der Waals surface area contributed by atoms with Crippen LogP contribution in [0.2, 0.25) is 0 Å². The lowest BCUT2D eigenvalue weighted by Crippen LogP contribution is -2.27. The third-order valence-electron chi connectivity index (χ3n) is 1.63. The maximum absolute atomic E-state index is 9.97. The van der Waals surface area contributed by atoms with Crippen molar-refractivity contribution >= 4 is 11.4 Å². The van der Waals surface area contributed by atoms with Crippen molar-refractivity contribution in [3.05, 3.63) is 0 Å². The minimum Gasteiger partial charge on any atom is -0.750 e. The highest BCUT2D eigenvalue weighted by Gasteiger charge is 2.30. The van der Waals surface area contributed by atoms with Gasteiger partial charge in [0.05, 0.1) is 31.2 Å². The second-order valence-electron chi connectivity index (χ2n) is 2.61. The summed E-state index contributed by atoms with van der Waals surface area (Å²) in [5, 5.41) is 0. The monoisotopic (exact) mass is 195 g/mol. The van der Waals surface area contributed by atoms with Gasteiger partial charge in [0.25, 0.3) is 0 Å². The van der Waals surface area contributed by atoms with Crippen molar-refractivity contribution in [2.45, 2.75) is 19.1 Å². The Morgan fingerprint density at radius 2 is 2.17 bits per heavy atom. The molecule has 1 aliphatic rings. The van der Waals surface area contributed by atoms with Gasteiger partial charge in [-0.25, -0.2) is 4.21 Å². The van der Waals surface area contributed by atoms with Crippen LogP contribution in [-0.2, 0) is 25.0 Å². The first-order valence-electron chi connectivity index (χ1n) is 3.63. The summed E-state index contributed by atoms with van der Waals surface area (Å²) in [4.78, 5) is 0. The molecule has 1 aliphatic heterocycles. The quantitative estimate of drug-likeness (QED) is 0.588. The molecule has 1 fully saturated rings. The molecule has 72 valence electrons. The minimum absolute atomic E-state index is 0.0899. The van der Waals surface area contributed by atoms with Gasteiger partial charge in [0.15, 0.2) is 5.79 Å². The van der Waals surface area contributed by atoms with E-state index in [-0.39, 0.29) is 6.61 Å². The van der Waals surface area contributed by atoms with Crippen molar-refractivity contribution in [3.63, 3.8) is 0 Å². The lowest BCUT2D eigenvalue weighted by molar-refractivity contribution is -0.150. The summed E-state index contributed by atoms with van der Waals surface area (Å²) in [6.45, 7) is 2.96. The summed E-state index contributed by atoms with van der Waals surface area (Å²) in [7, 11) is 0. The van der Waals surface area contributed by atoms with E-state index in [2.05, 4.69) is 4.18 Å². The first-order chi connectivity index (χ1) is 5.62. The predicted molar refractivity (Wildman–Crippen MR) is 39.8 cm³/mol. The zero-order valence-electron chi connectivity index (χ0n) is 6.78. The maximum Gasteiger partial charge on any atom is 0.167 e. The fourth-order valence-corrected chi connectivity index (χ4v) is 1.22. The molecular formula is C6H11O5S-. The third-order valence-corrected chi connectivity index (χ3v) is 1.99. The van der Waals surface area contributed by atoms with Crippen molar-refractivity contribution < 1.29 is 22.4 Å². The van der Waals surface area contributed by atoms with Crippen molar-refractivity contribution in [3.8, 4) is 0 Å². The fraction of sp³-hybridized carbons (Fsp3) is 1.00. The van der Waals surface area contributed by atoms with Gasteiger partial charge in [0, 0.05) is 6.42 Å². The molecule has 1 rings (SSSR count). The van der Waals surface area contributed by atoms with Crippen molar-refractivity contribution in [1.82, 2.24) is 0 Å². The Kier molecular flexibility index (Phi) is 3.60. The van der Waals surface area contributed by atoms with Crippen LogP contribution in [0.4, 0.5) is 0 Å². The molecule has 1 unspecified atom stereocenters. The Hall–Kier alpha value is -0.0100. The standard InChI is InChI=1S/C6H12O5S/c1-6(9-4-5-10-6)2-3-11-12(7)8/h2-5H2,1H3,(H,7,8)/p-1. The number of hydrogen-bond donors (Lipinski definition) is 0. The average molecular weight is 195 g/mol. The van der Waals surface area contributed by atoms with Gasteiger partial charge in [-0.1, -0.05) is 0 Å². The molecular weight excluding hydrogens is 184 g/mol. The fourth-order valence-electron chi connectivity index (χ4n) is 0.996. The molecule has 5 nitrogen and oxygen atoms in total. The molecule has 1 saturated heterocycles. The average Bonchev–Trinajstić information content (AvgIpc) is 2.35. The molecule has 0 aromatic carbocycles. The molecule has 0 saturated carbocycles. The molecule has 0 radical (unpaired) electrons. The van der Waals surface area contributed by atoms with Gasteiger partial charge in [0.2, 0.25) is 0 Å². The lowest BCUT2D eigenvalue weighted by atomic mass is 10.2. The molecule has 0 N–H and O–H groups in total. The van der Waals surface area contributed by atoms with Crippen LogP contribution >= 0.6 is 0 Å². The summed E-state index contributed by atoms with van der Waals surface area (Å²) in [6, 6.07) is 0. The largest absolute Gasteiger partial charge is 0.750 e. The van der Waals surface area contributed by atoms with E-state index in [1.165, 1.54) is 0 Å². The molecule has 1 atom stereocenters. The van der Waals surface area contributed by atoms with E-state index in [4.69, 9.17) is 9.47 Å². The van der Waals surface area contributed by atoms with Crippen molar-refractivity contribution in [1.29, 1.82) is 0 Å². The Labute approximate surface area is 73.5 Å². The zero-order valence-corrected chi connectivity index (χ0v) is 7.59. The van der Waals surface area contributed by atoms with Gasteiger partial charge >= 0.3 is 0 Å². The normalized spacial score (nSPS) is 24.2. The summed E-state index contributed by atoms with van der Waals surface area (Å²) < 4.78 is 34.7. The van der Waals surface area contributed by atoms with E-state index < -0.39 is 17.1 Å². The van der Waals surface area contributed by atoms with Gasteiger partial charge in [-0.05, 0) is 6.92 Å². The smallest absolute Gasteiger partial charge is 0.167 e. The maximum atomic E-state index is 9.97. The predicted octanol–water partition coefficient (Wildman–Crippen LogP) is -0.0498. The molecule has 0 amide bonds. The van der Waals surface area contributed by atoms with Crippen LogP contribution in [-0.4, -0.2) is 34.4 Å². The Morgan fingerprint density at radius 1 is 1.58 bits per heavy atom. The minimum atomic E-state index is -2.44. The van der Waals surface area contributed by atoms with Gasteiger partial charge in [-0.15, -0.1) is 0 Å². The lowest BCUT2D eigenvalue weighted by Gasteiger charge is -2.21. The first-order valence-corrected chi connectivity index (χ1v) is 4.63. The van der Waals surface area contributed by atoms with E-state index in [0.717, 1.165) is 0 Å². The highest BCUT2D eigenvalue weighted by Crippen LogP contribution is 2.22. The molecule has 0 aromatic rings.